The minimum absolute atomic E-state index is 0.0827. The summed E-state index contributed by atoms with van der Waals surface area (Å²) in [5.74, 6) is 1.01. The zero-order chi connectivity index (χ0) is 12.3. The number of rotatable bonds is 4. The third-order valence-corrected chi connectivity index (χ3v) is 3.69. The standard InChI is InChI=1S/C11H15N5S/c1-3-8-6-15-11(17-8)7(2)16-10-9(12)13-4-5-14-10/h4-7H,3H2,1-2H3,(H2,12,13)(H,14,16). The van der Waals surface area contributed by atoms with Crippen molar-refractivity contribution in [2.75, 3.05) is 11.1 Å². The lowest BCUT2D eigenvalue weighted by atomic mass is 10.3. The third-order valence-electron chi connectivity index (χ3n) is 2.37. The van der Waals surface area contributed by atoms with Gasteiger partial charge >= 0.3 is 0 Å². The molecule has 1 unspecified atom stereocenters. The second kappa shape index (κ2) is 5.09. The zero-order valence-electron chi connectivity index (χ0n) is 9.84. The van der Waals surface area contributed by atoms with Crippen molar-refractivity contribution in [3.05, 3.63) is 28.5 Å². The van der Waals surface area contributed by atoms with Gasteiger partial charge < -0.3 is 11.1 Å². The summed E-state index contributed by atoms with van der Waals surface area (Å²) in [5, 5.41) is 4.25. The Morgan fingerprint density at radius 3 is 2.76 bits per heavy atom. The fourth-order valence-corrected chi connectivity index (χ4v) is 2.27. The van der Waals surface area contributed by atoms with Crippen LogP contribution in [0, 0.1) is 0 Å². The molecule has 0 radical (unpaired) electrons. The Bertz CT molecular complexity index is 496. The van der Waals surface area contributed by atoms with Crippen LogP contribution in [0.3, 0.4) is 0 Å². The number of nitrogens with zero attached hydrogens (tertiary/aromatic N) is 3. The normalized spacial score (nSPS) is 12.4. The van der Waals surface area contributed by atoms with E-state index in [0.717, 1.165) is 11.4 Å². The monoisotopic (exact) mass is 249 g/mol. The van der Waals surface area contributed by atoms with Crippen molar-refractivity contribution in [2.45, 2.75) is 26.3 Å². The molecule has 0 saturated carbocycles. The lowest BCUT2D eigenvalue weighted by Crippen LogP contribution is -2.10. The van der Waals surface area contributed by atoms with E-state index in [0.29, 0.717) is 11.6 Å². The first-order valence-corrected chi connectivity index (χ1v) is 6.30. The summed E-state index contributed by atoms with van der Waals surface area (Å²) in [6.07, 6.45) is 6.12. The molecule has 2 aromatic heterocycles. The molecule has 0 aliphatic rings. The molecule has 0 amide bonds. The van der Waals surface area contributed by atoms with Crippen molar-refractivity contribution in [3.8, 4) is 0 Å². The molecule has 2 rings (SSSR count). The fraction of sp³-hybridized carbons (Fsp3) is 0.364. The molecule has 2 aromatic rings. The van der Waals surface area contributed by atoms with Gasteiger partial charge in [0.05, 0.1) is 6.04 Å². The Labute approximate surface area is 104 Å². The van der Waals surface area contributed by atoms with Crippen molar-refractivity contribution in [3.63, 3.8) is 0 Å². The van der Waals surface area contributed by atoms with Crippen LogP contribution in [0.2, 0.25) is 0 Å². The van der Waals surface area contributed by atoms with Gasteiger partial charge in [0.1, 0.15) is 5.01 Å². The molecule has 0 aliphatic carbocycles. The molecule has 3 N–H and O–H groups in total. The molecule has 0 fully saturated rings. The Morgan fingerprint density at radius 2 is 2.12 bits per heavy atom. The average Bonchev–Trinajstić information content (AvgIpc) is 2.81. The van der Waals surface area contributed by atoms with E-state index >= 15 is 0 Å². The van der Waals surface area contributed by atoms with Crippen molar-refractivity contribution in [2.24, 2.45) is 0 Å². The van der Waals surface area contributed by atoms with Gasteiger partial charge in [0, 0.05) is 23.5 Å². The highest BCUT2D eigenvalue weighted by molar-refractivity contribution is 7.11. The first-order valence-electron chi connectivity index (χ1n) is 5.48. The van der Waals surface area contributed by atoms with Gasteiger partial charge in [-0.25, -0.2) is 15.0 Å². The maximum Gasteiger partial charge on any atom is 0.169 e. The molecule has 6 heteroatoms. The van der Waals surface area contributed by atoms with Crippen LogP contribution in [0.5, 0.6) is 0 Å². The van der Waals surface area contributed by atoms with E-state index in [-0.39, 0.29) is 6.04 Å². The largest absolute Gasteiger partial charge is 0.381 e. The van der Waals surface area contributed by atoms with Gasteiger partial charge in [0.25, 0.3) is 0 Å². The molecule has 2 heterocycles. The number of nitrogen functional groups attached to an aromatic ring is 1. The van der Waals surface area contributed by atoms with Crippen molar-refractivity contribution in [1.29, 1.82) is 0 Å². The van der Waals surface area contributed by atoms with Crippen molar-refractivity contribution in [1.82, 2.24) is 15.0 Å². The second-order valence-corrected chi connectivity index (χ2v) is 4.82. The molecular formula is C11H15N5S. The van der Waals surface area contributed by atoms with Crippen LogP contribution in [0.15, 0.2) is 18.6 Å². The van der Waals surface area contributed by atoms with E-state index in [4.69, 9.17) is 5.73 Å². The summed E-state index contributed by atoms with van der Waals surface area (Å²) in [6.45, 7) is 4.16. The van der Waals surface area contributed by atoms with Crippen LogP contribution in [0.25, 0.3) is 0 Å². The predicted molar refractivity (Wildman–Crippen MR) is 70.0 cm³/mol. The number of thiazole rings is 1. The summed E-state index contributed by atoms with van der Waals surface area (Å²) in [5.41, 5.74) is 5.73. The quantitative estimate of drug-likeness (QED) is 0.869. The summed E-state index contributed by atoms with van der Waals surface area (Å²) >= 11 is 1.70. The predicted octanol–water partition coefficient (Wildman–Crippen LogP) is 2.25. The number of aromatic nitrogens is 3. The van der Waals surface area contributed by atoms with Gasteiger partial charge in [0.15, 0.2) is 11.6 Å². The average molecular weight is 249 g/mol. The molecule has 0 aromatic carbocycles. The third kappa shape index (κ3) is 2.71. The van der Waals surface area contributed by atoms with E-state index in [1.165, 1.54) is 4.88 Å². The summed E-state index contributed by atoms with van der Waals surface area (Å²) < 4.78 is 0. The highest BCUT2D eigenvalue weighted by atomic mass is 32.1. The minimum atomic E-state index is 0.0827. The summed E-state index contributed by atoms with van der Waals surface area (Å²) in [4.78, 5) is 13.8. The number of anilines is 2. The lowest BCUT2D eigenvalue weighted by molar-refractivity contribution is 0.859. The Kier molecular flexibility index (Phi) is 3.53. The number of nitrogens with two attached hydrogens (primary N) is 1. The van der Waals surface area contributed by atoms with E-state index in [9.17, 15) is 0 Å². The van der Waals surface area contributed by atoms with Crippen LogP contribution in [-0.4, -0.2) is 15.0 Å². The highest BCUT2D eigenvalue weighted by Crippen LogP contribution is 2.24. The Hall–Kier alpha value is -1.69. The first kappa shape index (κ1) is 11.8. The van der Waals surface area contributed by atoms with Gasteiger partial charge in [-0.3, -0.25) is 0 Å². The van der Waals surface area contributed by atoms with Gasteiger partial charge in [-0.2, -0.15) is 0 Å². The topological polar surface area (TPSA) is 76.7 Å². The molecule has 0 aliphatic heterocycles. The highest BCUT2D eigenvalue weighted by Gasteiger charge is 2.12. The minimum Gasteiger partial charge on any atom is -0.381 e. The summed E-state index contributed by atoms with van der Waals surface area (Å²) in [6, 6.07) is 0.0827. The lowest BCUT2D eigenvalue weighted by Gasteiger charge is -2.12. The SMILES string of the molecule is CCc1cnc(C(C)Nc2nccnc2N)s1. The maximum atomic E-state index is 5.73. The Morgan fingerprint density at radius 1 is 1.35 bits per heavy atom. The van der Waals surface area contributed by atoms with Gasteiger partial charge in [0.2, 0.25) is 0 Å². The number of aryl methyl sites for hydroxylation is 1. The van der Waals surface area contributed by atoms with E-state index < -0.39 is 0 Å². The van der Waals surface area contributed by atoms with Crippen molar-refractivity contribution >= 4 is 23.0 Å². The van der Waals surface area contributed by atoms with Crippen LogP contribution in [0.4, 0.5) is 11.6 Å². The first-order chi connectivity index (χ1) is 8.20. The molecule has 1 atom stereocenters. The maximum absolute atomic E-state index is 5.73. The van der Waals surface area contributed by atoms with Gasteiger partial charge in [-0.15, -0.1) is 11.3 Å². The van der Waals surface area contributed by atoms with Crippen molar-refractivity contribution < 1.29 is 0 Å². The van der Waals surface area contributed by atoms with Crippen LogP contribution in [0.1, 0.15) is 29.8 Å². The van der Waals surface area contributed by atoms with Crippen LogP contribution in [-0.2, 0) is 6.42 Å². The molecule has 0 bridgehead atoms. The summed E-state index contributed by atoms with van der Waals surface area (Å²) in [7, 11) is 0. The number of hydrogen-bond donors (Lipinski definition) is 2. The molecule has 5 nitrogen and oxygen atoms in total. The fourth-order valence-electron chi connectivity index (χ4n) is 1.41. The molecule has 90 valence electrons. The van der Waals surface area contributed by atoms with E-state index in [2.05, 4.69) is 27.2 Å². The van der Waals surface area contributed by atoms with Gasteiger partial charge in [-0.05, 0) is 13.3 Å². The number of nitrogens with one attached hydrogen (secondary N) is 1. The Balaban J connectivity index is 2.11. The number of hydrogen-bond acceptors (Lipinski definition) is 6. The second-order valence-electron chi connectivity index (χ2n) is 3.67. The molecule has 17 heavy (non-hydrogen) atoms. The van der Waals surface area contributed by atoms with Gasteiger partial charge in [-0.1, -0.05) is 6.92 Å². The van der Waals surface area contributed by atoms with Crippen LogP contribution >= 0.6 is 11.3 Å². The molecule has 0 saturated heterocycles. The van der Waals surface area contributed by atoms with E-state index in [1.807, 2.05) is 13.1 Å². The smallest absolute Gasteiger partial charge is 0.169 e. The van der Waals surface area contributed by atoms with Crippen LogP contribution < -0.4 is 11.1 Å². The van der Waals surface area contributed by atoms with E-state index in [1.54, 1.807) is 23.7 Å². The zero-order valence-corrected chi connectivity index (χ0v) is 10.7. The molecular weight excluding hydrogens is 234 g/mol. The molecule has 0 spiro atoms.